The molecule has 1 unspecified atom stereocenters. The Balaban J connectivity index is 1.91. The second-order valence-electron chi connectivity index (χ2n) is 3.05. The number of ether oxygens (including phenoxy) is 2. The van der Waals surface area contributed by atoms with Crippen molar-refractivity contribution < 1.29 is 9.47 Å². The third-order valence-corrected chi connectivity index (χ3v) is 1.88. The molecule has 1 aliphatic rings. The summed E-state index contributed by atoms with van der Waals surface area (Å²) >= 11 is 0. The van der Waals surface area contributed by atoms with Crippen molar-refractivity contribution in [3.63, 3.8) is 0 Å². The Morgan fingerprint density at radius 1 is 1.58 bits per heavy atom. The molecule has 1 radical (unpaired) electrons. The van der Waals surface area contributed by atoms with Crippen molar-refractivity contribution in [3.8, 4) is 0 Å². The molecule has 0 bridgehead atoms. The molecular formula is C9H18NO2. The highest BCUT2D eigenvalue weighted by molar-refractivity contribution is 4.65. The molecule has 0 saturated carbocycles. The van der Waals surface area contributed by atoms with E-state index in [1.54, 1.807) is 0 Å². The molecule has 0 aromatic carbocycles. The zero-order valence-corrected chi connectivity index (χ0v) is 7.79. The highest BCUT2D eigenvalue weighted by Gasteiger charge is 2.13. The van der Waals surface area contributed by atoms with Crippen molar-refractivity contribution in [1.82, 2.24) is 5.32 Å². The molecule has 0 spiro atoms. The minimum atomic E-state index is 0.218. The van der Waals surface area contributed by atoms with Crippen LogP contribution in [0.3, 0.4) is 0 Å². The van der Waals surface area contributed by atoms with Crippen LogP contribution in [-0.2, 0) is 9.47 Å². The number of hydrogen-bond acceptors (Lipinski definition) is 2. The number of rotatable bonds is 5. The average Bonchev–Trinajstić information content (AvgIpc) is 2.14. The zero-order valence-electron chi connectivity index (χ0n) is 7.79. The van der Waals surface area contributed by atoms with E-state index in [1.807, 2.05) is 0 Å². The Labute approximate surface area is 74.4 Å². The highest BCUT2D eigenvalue weighted by Crippen LogP contribution is 1.98. The van der Waals surface area contributed by atoms with Gasteiger partial charge in [0.15, 0.2) is 0 Å². The Bertz CT molecular complexity index is 103. The minimum Gasteiger partial charge on any atom is -0.379 e. The summed E-state index contributed by atoms with van der Waals surface area (Å²) in [5, 5.41) is 4.25. The fraction of sp³-hybridized carbons (Fsp3) is 1.00. The lowest BCUT2D eigenvalue weighted by Gasteiger charge is -2.22. The third kappa shape index (κ3) is 4.04. The van der Waals surface area contributed by atoms with Crippen LogP contribution in [0.2, 0.25) is 0 Å². The standard InChI is InChI=1S/C9H18NO2/c1-2-3-5-11-8-9-7-10-4-6-12-9/h9H,2-8H2,1H3. The molecule has 0 amide bonds. The van der Waals surface area contributed by atoms with Crippen LogP contribution in [-0.4, -0.2) is 39.0 Å². The van der Waals surface area contributed by atoms with Crippen molar-refractivity contribution in [3.05, 3.63) is 0 Å². The lowest BCUT2D eigenvalue weighted by molar-refractivity contribution is -0.0327. The number of nitrogens with zero attached hydrogens (tertiary/aromatic N) is 1. The summed E-state index contributed by atoms with van der Waals surface area (Å²) in [7, 11) is 0. The molecule has 1 rings (SSSR count). The van der Waals surface area contributed by atoms with Crippen LogP contribution in [0, 0.1) is 0 Å². The first-order chi connectivity index (χ1) is 5.93. The molecule has 0 aliphatic carbocycles. The minimum absolute atomic E-state index is 0.218. The van der Waals surface area contributed by atoms with Crippen molar-refractivity contribution in [2.24, 2.45) is 0 Å². The van der Waals surface area contributed by atoms with Gasteiger partial charge >= 0.3 is 0 Å². The van der Waals surface area contributed by atoms with Gasteiger partial charge in [-0.15, -0.1) is 0 Å². The predicted octanol–water partition coefficient (Wildman–Crippen LogP) is 0.806. The largest absolute Gasteiger partial charge is 0.379 e. The van der Waals surface area contributed by atoms with Gasteiger partial charge in [0.25, 0.3) is 0 Å². The lowest BCUT2D eigenvalue weighted by atomic mass is 10.3. The van der Waals surface area contributed by atoms with E-state index in [0.717, 1.165) is 32.7 Å². The fourth-order valence-electron chi connectivity index (χ4n) is 1.13. The van der Waals surface area contributed by atoms with E-state index < -0.39 is 0 Å². The van der Waals surface area contributed by atoms with Gasteiger partial charge in [-0.2, -0.15) is 0 Å². The lowest BCUT2D eigenvalue weighted by Crippen LogP contribution is -2.37. The number of morpholine rings is 1. The molecule has 0 aromatic rings. The van der Waals surface area contributed by atoms with Crippen LogP contribution < -0.4 is 5.32 Å². The van der Waals surface area contributed by atoms with Gasteiger partial charge in [0, 0.05) is 19.7 Å². The topological polar surface area (TPSA) is 32.6 Å². The Kier molecular flexibility index (Phi) is 5.32. The smallest absolute Gasteiger partial charge is 0.0949 e. The third-order valence-electron chi connectivity index (χ3n) is 1.88. The van der Waals surface area contributed by atoms with Crippen LogP contribution in [0.5, 0.6) is 0 Å². The summed E-state index contributed by atoms with van der Waals surface area (Å²) < 4.78 is 10.9. The summed E-state index contributed by atoms with van der Waals surface area (Å²) in [5.74, 6) is 0. The van der Waals surface area contributed by atoms with Crippen molar-refractivity contribution in [1.29, 1.82) is 0 Å². The molecule has 0 N–H and O–H groups in total. The number of unbranched alkanes of at least 4 members (excludes halogenated alkanes) is 1. The molecule has 1 saturated heterocycles. The molecule has 0 aromatic heterocycles. The maximum atomic E-state index is 5.44. The molecule has 3 nitrogen and oxygen atoms in total. The van der Waals surface area contributed by atoms with Gasteiger partial charge in [-0.05, 0) is 6.42 Å². The van der Waals surface area contributed by atoms with Crippen LogP contribution in [0.4, 0.5) is 0 Å². The van der Waals surface area contributed by atoms with Crippen molar-refractivity contribution in [2.75, 3.05) is 32.9 Å². The van der Waals surface area contributed by atoms with Gasteiger partial charge in [-0.1, -0.05) is 13.3 Å². The molecule has 1 atom stereocenters. The maximum absolute atomic E-state index is 5.44. The molecule has 1 fully saturated rings. The number of hydrogen-bond donors (Lipinski definition) is 0. The van der Waals surface area contributed by atoms with Crippen LogP contribution in [0.15, 0.2) is 0 Å². The average molecular weight is 172 g/mol. The van der Waals surface area contributed by atoms with Crippen molar-refractivity contribution in [2.45, 2.75) is 25.9 Å². The van der Waals surface area contributed by atoms with Crippen molar-refractivity contribution >= 4 is 0 Å². The SMILES string of the molecule is CCCCOCC1C[N]CCO1. The predicted molar refractivity (Wildman–Crippen MR) is 47.3 cm³/mol. The maximum Gasteiger partial charge on any atom is 0.0949 e. The molecule has 1 aliphatic heterocycles. The summed E-state index contributed by atoms with van der Waals surface area (Å²) in [6.07, 6.45) is 2.55. The monoisotopic (exact) mass is 172 g/mol. The summed E-state index contributed by atoms with van der Waals surface area (Å²) in [4.78, 5) is 0. The summed E-state index contributed by atoms with van der Waals surface area (Å²) in [5.41, 5.74) is 0. The van der Waals surface area contributed by atoms with E-state index in [1.165, 1.54) is 6.42 Å². The van der Waals surface area contributed by atoms with E-state index in [9.17, 15) is 0 Å². The fourth-order valence-corrected chi connectivity index (χ4v) is 1.13. The van der Waals surface area contributed by atoms with E-state index in [4.69, 9.17) is 9.47 Å². The highest BCUT2D eigenvalue weighted by atomic mass is 16.5. The normalized spacial score (nSPS) is 24.2. The molecular weight excluding hydrogens is 154 g/mol. The van der Waals surface area contributed by atoms with Crippen LogP contribution >= 0.6 is 0 Å². The zero-order chi connectivity index (χ0) is 8.65. The van der Waals surface area contributed by atoms with Gasteiger partial charge in [-0.3, -0.25) is 0 Å². The second-order valence-corrected chi connectivity index (χ2v) is 3.05. The Morgan fingerprint density at radius 3 is 3.17 bits per heavy atom. The molecule has 71 valence electrons. The van der Waals surface area contributed by atoms with Gasteiger partial charge in [0.2, 0.25) is 0 Å². The van der Waals surface area contributed by atoms with E-state index in [0.29, 0.717) is 6.61 Å². The van der Waals surface area contributed by atoms with Gasteiger partial charge < -0.3 is 9.47 Å². The van der Waals surface area contributed by atoms with Gasteiger partial charge in [0.05, 0.1) is 19.3 Å². The molecule has 1 heterocycles. The van der Waals surface area contributed by atoms with Gasteiger partial charge in [-0.25, -0.2) is 5.32 Å². The molecule has 3 heteroatoms. The second kappa shape index (κ2) is 6.40. The van der Waals surface area contributed by atoms with Gasteiger partial charge in [0.1, 0.15) is 0 Å². The Hall–Kier alpha value is -0.120. The summed E-state index contributed by atoms with van der Waals surface area (Å²) in [6, 6.07) is 0. The first-order valence-electron chi connectivity index (χ1n) is 4.76. The van der Waals surface area contributed by atoms with E-state index in [-0.39, 0.29) is 6.10 Å². The van der Waals surface area contributed by atoms with E-state index in [2.05, 4.69) is 12.2 Å². The summed E-state index contributed by atoms with van der Waals surface area (Å²) in [6.45, 7) is 6.16. The first kappa shape index (κ1) is 9.96. The first-order valence-corrected chi connectivity index (χ1v) is 4.76. The van der Waals surface area contributed by atoms with Crippen LogP contribution in [0.25, 0.3) is 0 Å². The van der Waals surface area contributed by atoms with Crippen LogP contribution in [0.1, 0.15) is 19.8 Å². The quantitative estimate of drug-likeness (QED) is 0.575. The van der Waals surface area contributed by atoms with E-state index >= 15 is 0 Å². The Morgan fingerprint density at radius 2 is 2.50 bits per heavy atom. The molecule has 12 heavy (non-hydrogen) atoms.